The summed E-state index contributed by atoms with van der Waals surface area (Å²) in [5.74, 6) is -0.292. The van der Waals surface area contributed by atoms with Crippen LogP contribution in [0.4, 0.5) is 5.69 Å². The first-order chi connectivity index (χ1) is 13.0. The van der Waals surface area contributed by atoms with Gasteiger partial charge in [-0.1, -0.05) is 24.3 Å². The number of aromatic nitrogens is 1. The van der Waals surface area contributed by atoms with E-state index in [-0.39, 0.29) is 16.8 Å². The van der Waals surface area contributed by atoms with Crippen LogP contribution in [0.3, 0.4) is 0 Å². The number of hydrogen-bond acceptors (Lipinski definition) is 4. The number of anilines is 1. The van der Waals surface area contributed by atoms with Gasteiger partial charge >= 0.3 is 0 Å². The van der Waals surface area contributed by atoms with Crippen molar-refractivity contribution in [1.29, 1.82) is 0 Å². The number of nitrogens with one attached hydrogen (secondary N) is 2. The first kappa shape index (κ1) is 18.6. The van der Waals surface area contributed by atoms with Crippen LogP contribution in [0, 0.1) is 0 Å². The second-order valence-corrected chi connectivity index (χ2v) is 7.66. The molecule has 2 aromatic carbocycles. The minimum absolute atomic E-state index is 0.158. The highest BCUT2D eigenvalue weighted by Gasteiger charge is 2.15. The topological polar surface area (TPSA) is 88.2 Å². The fraction of sp³-hybridized carbons (Fsp3) is 0.100. The van der Waals surface area contributed by atoms with Gasteiger partial charge in [0.25, 0.3) is 15.9 Å². The lowest BCUT2D eigenvalue weighted by Gasteiger charge is -2.15. The van der Waals surface area contributed by atoms with Gasteiger partial charge in [0.15, 0.2) is 0 Å². The molecule has 0 saturated carbocycles. The first-order valence-corrected chi connectivity index (χ1v) is 9.83. The normalized spacial score (nSPS) is 12.2. The van der Waals surface area contributed by atoms with Crippen molar-refractivity contribution < 1.29 is 13.2 Å². The van der Waals surface area contributed by atoms with Crippen molar-refractivity contribution in [3.63, 3.8) is 0 Å². The number of nitrogens with zero attached hydrogens (tertiary/aromatic N) is 1. The van der Waals surface area contributed by atoms with Crippen molar-refractivity contribution in [2.75, 3.05) is 4.72 Å². The third-order valence-electron chi connectivity index (χ3n) is 3.98. The van der Waals surface area contributed by atoms with Gasteiger partial charge < -0.3 is 5.32 Å². The highest BCUT2D eigenvalue weighted by molar-refractivity contribution is 7.92. The minimum atomic E-state index is -3.71. The SMILES string of the molecule is CC(NC(=O)c1cccc(NS(=O)(=O)c2ccccc2)c1)c1ccncc1. The summed E-state index contributed by atoms with van der Waals surface area (Å²) in [6.07, 6.45) is 3.33. The quantitative estimate of drug-likeness (QED) is 0.685. The number of carbonyl (C=O) groups excluding carboxylic acids is 1. The van der Waals surface area contributed by atoms with Crippen LogP contribution in [-0.2, 0) is 10.0 Å². The Morgan fingerprint density at radius 2 is 1.67 bits per heavy atom. The lowest BCUT2D eigenvalue weighted by atomic mass is 10.1. The monoisotopic (exact) mass is 381 g/mol. The van der Waals surface area contributed by atoms with Gasteiger partial charge in [-0.15, -0.1) is 0 Å². The van der Waals surface area contributed by atoms with Crippen molar-refractivity contribution in [2.24, 2.45) is 0 Å². The number of carbonyl (C=O) groups is 1. The predicted octanol–water partition coefficient (Wildman–Crippen LogP) is 3.37. The molecule has 0 spiro atoms. The molecule has 27 heavy (non-hydrogen) atoms. The fourth-order valence-electron chi connectivity index (χ4n) is 2.55. The standard InChI is InChI=1S/C20H19N3O3S/c1-15(16-10-12-21-13-11-16)22-20(24)17-6-5-7-18(14-17)23-27(25,26)19-8-3-2-4-9-19/h2-15,23H,1H3,(H,22,24). The van der Waals surface area contributed by atoms with E-state index in [0.29, 0.717) is 11.3 Å². The van der Waals surface area contributed by atoms with E-state index in [1.165, 1.54) is 18.2 Å². The lowest BCUT2D eigenvalue weighted by molar-refractivity contribution is 0.0940. The van der Waals surface area contributed by atoms with E-state index >= 15 is 0 Å². The van der Waals surface area contributed by atoms with E-state index in [0.717, 1.165) is 5.56 Å². The molecule has 1 heterocycles. The maximum Gasteiger partial charge on any atom is 0.261 e. The Morgan fingerprint density at radius 3 is 2.37 bits per heavy atom. The smallest absolute Gasteiger partial charge is 0.261 e. The first-order valence-electron chi connectivity index (χ1n) is 8.34. The molecular formula is C20H19N3O3S. The molecule has 1 unspecified atom stereocenters. The summed E-state index contributed by atoms with van der Waals surface area (Å²) in [4.78, 5) is 16.6. The van der Waals surface area contributed by atoms with E-state index in [4.69, 9.17) is 0 Å². The molecule has 3 aromatic rings. The zero-order valence-electron chi connectivity index (χ0n) is 14.7. The molecule has 0 aliphatic carbocycles. The zero-order chi connectivity index (χ0) is 19.3. The van der Waals surface area contributed by atoms with Crippen molar-refractivity contribution >= 4 is 21.6 Å². The number of rotatable bonds is 6. The average Bonchev–Trinajstić information content (AvgIpc) is 2.69. The highest BCUT2D eigenvalue weighted by atomic mass is 32.2. The largest absolute Gasteiger partial charge is 0.346 e. The van der Waals surface area contributed by atoms with Crippen LogP contribution < -0.4 is 10.0 Å². The molecule has 2 N–H and O–H groups in total. The van der Waals surface area contributed by atoms with Crippen molar-refractivity contribution in [3.05, 3.63) is 90.3 Å². The zero-order valence-corrected chi connectivity index (χ0v) is 15.5. The molecule has 0 aliphatic rings. The van der Waals surface area contributed by atoms with E-state index in [1.807, 2.05) is 19.1 Å². The number of hydrogen-bond donors (Lipinski definition) is 2. The molecule has 6 nitrogen and oxygen atoms in total. The van der Waals surface area contributed by atoms with Crippen molar-refractivity contribution in [2.45, 2.75) is 17.9 Å². The van der Waals surface area contributed by atoms with Gasteiger partial charge in [-0.25, -0.2) is 8.42 Å². The van der Waals surface area contributed by atoms with Crippen LogP contribution in [0.1, 0.15) is 28.9 Å². The van der Waals surface area contributed by atoms with E-state index in [9.17, 15) is 13.2 Å². The third kappa shape index (κ3) is 4.71. The van der Waals surface area contributed by atoms with Crippen LogP contribution >= 0.6 is 0 Å². The molecule has 138 valence electrons. The third-order valence-corrected chi connectivity index (χ3v) is 5.38. The molecule has 0 fully saturated rings. The molecule has 0 radical (unpaired) electrons. The Hall–Kier alpha value is -3.19. The summed E-state index contributed by atoms with van der Waals surface area (Å²) in [5.41, 5.74) is 1.62. The Morgan fingerprint density at radius 1 is 0.963 bits per heavy atom. The average molecular weight is 381 g/mol. The van der Waals surface area contributed by atoms with E-state index < -0.39 is 10.0 Å². The molecule has 7 heteroatoms. The van der Waals surface area contributed by atoms with E-state index in [1.54, 1.807) is 48.8 Å². The second kappa shape index (κ2) is 8.01. The molecule has 3 rings (SSSR count). The summed E-state index contributed by atoms with van der Waals surface area (Å²) in [6.45, 7) is 1.87. The number of benzene rings is 2. The van der Waals surface area contributed by atoms with Crippen LogP contribution in [0.15, 0.2) is 84.0 Å². The van der Waals surface area contributed by atoms with Gasteiger partial charge in [0, 0.05) is 23.6 Å². The molecule has 0 saturated heterocycles. The molecule has 1 amide bonds. The maximum atomic E-state index is 12.5. The molecule has 0 bridgehead atoms. The van der Waals surface area contributed by atoms with Crippen LogP contribution in [-0.4, -0.2) is 19.3 Å². The van der Waals surface area contributed by atoms with Crippen molar-refractivity contribution in [3.8, 4) is 0 Å². The Kier molecular flexibility index (Phi) is 5.52. The Bertz CT molecular complexity index is 1020. The van der Waals surface area contributed by atoms with Gasteiger partial charge in [0.05, 0.1) is 10.9 Å². The van der Waals surface area contributed by atoms with Crippen LogP contribution in [0.2, 0.25) is 0 Å². The fourth-order valence-corrected chi connectivity index (χ4v) is 3.62. The summed E-state index contributed by atoms with van der Waals surface area (Å²) in [5, 5.41) is 2.89. The number of sulfonamides is 1. The van der Waals surface area contributed by atoms with Gasteiger partial charge in [-0.2, -0.15) is 0 Å². The Balaban J connectivity index is 1.74. The summed E-state index contributed by atoms with van der Waals surface area (Å²) < 4.78 is 27.4. The predicted molar refractivity (Wildman–Crippen MR) is 104 cm³/mol. The summed E-state index contributed by atoms with van der Waals surface area (Å²) >= 11 is 0. The van der Waals surface area contributed by atoms with Gasteiger partial charge in [0.2, 0.25) is 0 Å². The van der Waals surface area contributed by atoms with Crippen LogP contribution in [0.25, 0.3) is 0 Å². The van der Waals surface area contributed by atoms with Crippen molar-refractivity contribution in [1.82, 2.24) is 10.3 Å². The molecule has 1 aromatic heterocycles. The lowest BCUT2D eigenvalue weighted by Crippen LogP contribution is -2.26. The highest BCUT2D eigenvalue weighted by Crippen LogP contribution is 2.18. The van der Waals surface area contributed by atoms with E-state index in [2.05, 4.69) is 15.0 Å². The number of amides is 1. The molecular weight excluding hydrogens is 362 g/mol. The molecule has 0 aliphatic heterocycles. The second-order valence-electron chi connectivity index (χ2n) is 5.98. The van der Waals surface area contributed by atoms with Crippen LogP contribution in [0.5, 0.6) is 0 Å². The number of pyridine rings is 1. The van der Waals surface area contributed by atoms with Gasteiger partial charge in [-0.3, -0.25) is 14.5 Å². The van der Waals surface area contributed by atoms with Gasteiger partial charge in [-0.05, 0) is 55.0 Å². The minimum Gasteiger partial charge on any atom is -0.346 e. The Labute approximate surface area is 158 Å². The summed E-state index contributed by atoms with van der Waals surface area (Å²) in [7, 11) is -3.71. The summed E-state index contributed by atoms with van der Waals surface area (Å²) in [6, 6.07) is 17.9. The molecule has 1 atom stereocenters. The van der Waals surface area contributed by atoms with Gasteiger partial charge in [0.1, 0.15) is 0 Å². The maximum absolute atomic E-state index is 12.5.